The van der Waals surface area contributed by atoms with E-state index in [1.807, 2.05) is 13.8 Å². The molecule has 0 aromatic carbocycles. The molecule has 0 radical (unpaired) electrons. The molecule has 6 nitrogen and oxygen atoms in total. The van der Waals surface area contributed by atoms with E-state index in [9.17, 15) is 14.4 Å². The van der Waals surface area contributed by atoms with Gasteiger partial charge in [0.15, 0.2) is 0 Å². The Bertz CT molecular complexity index is 296. The second-order valence-electron chi connectivity index (χ2n) is 4.36. The van der Waals surface area contributed by atoms with Crippen LogP contribution in [0.2, 0.25) is 0 Å². The van der Waals surface area contributed by atoms with E-state index in [2.05, 4.69) is 0 Å². The van der Waals surface area contributed by atoms with Gasteiger partial charge in [0.25, 0.3) is 0 Å². The quantitative estimate of drug-likeness (QED) is 0.650. The van der Waals surface area contributed by atoms with Crippen molar-refractivity contribution in [1.29, 1.82) is 0 Å². The highest BCUT2D eigenvalue weighted by molar-refractivity contribution is 5.84. The molecule has 0 saturated heterocycles. The number of ether oxygens (including phenoxy) is 1. The Morgan fingerprint density at radius 1 is 1.12 bits per heavy atom. The summed E-state index contributed by atoms with van der Waals surface area (Å²) in [6.07, 6.45) is -0.537. The Morgan fingerprint density at radius 3 is 2.00 bits per heavy atom. The van der Waals surface area contributed by atoms with E-state index < -0.39 is 36.2 Å². The van der Waals surface area contributed by atoms with Crippen molar-refractivity contribution in [2.75, 3.05) is 6.61 Å². The summed E-state index contributed by atoms with van der Waals surface area (Å²) in [4.78, 5) is 32.9. The van der Waals surface area contributed by atoms with Gasteiger partial charge in [0.1, 0.15) is 0 Å². The molecule has 0 saturated carbocycles. The summed E-state index contributed by atoms with van der Waals surface area (Å²) in [5.74, 6) is -5.31. The highest BCUT2D eigenvalue weighted by Gasteiger charge is 2.33. The van der Waals surface area contributed by atoms with Gasteiger partial charge in [-0.05, 0) is 5.92 Å². The second kappa shape index (κ2) is 6.88. The van der Waals surface area contributed by atoms with Crippen molar-refractivity contribution in [3.63, 3.8) is 0 Å². The molecule has 17 heavy (non-hydrogen) atoms. The fraction of sp³-hybridized carbons (Fsp3) is 0.727. The number of aliphatic carboxylic acids is 2. The first kappa shape index (κ1) is 15.4. The van der Waals surface area contributed by atoms with E-state index in [0.717, 1.165) is 0 Å². The summed E-state index contributed by atoms with van der Waals surface area (Å²) < 4.78 is 4.87. The highest BCUT2D eigenvalue weighted by atomic mass is 16.5. The lowest BCUT2D eigenvalue weighted by atomic mass is 9.91. The summed E-state index contributed by atoms with van der Waals surface area (Å²) in [5, 5.41) is 17.4. The van der Waals surface area contributed by atoms with Crippen molar-refractivity contribution in [2.24, 2.45) is 17.8 Å². The fourth-order valence-corrected chi connectivity index (χ4v) is 1.18. The summed E-state index contributed by atoms with van der Waals surface area (Å²) in [6, 6.07) is 0. The van der Waals surface area contributed by atoms with Crippen molar-refractivity contribution in [3.8, 4) is 0 Å². The monoisotopic (exact) mass is 246 g/mol. The summed E-state index contributed by atoms with van der Waals surface area (Å²) in [6.45, 7) is 5.12. The van der Waals surface area contributed by atoms with Gasteiger partial charge < -0.3 is 14.9 Å². The summed E-state index contributed by atoms with van der Waals surface area (Å²) >= 11 is 0. The lowest BCUT2D eigenvalue weighted by molar-refractivity contribution is -0.161. The van der Waals surface area contributed by atoms with E-state index in [4.69, 9.17) is 14.9 Å². The lowest BCUT2D eigenvalue weighted by Crippen LogP contribution is -2.32. The average molecular weight is 246 g/mol. The van der Waals surface area contributed by atoms with E-state index in [0.29, 0.717) is 0 Å². The van der Waals surface area contributed by atoms with Crippen LogP contribution in [-0.2, 0) is 19.1 Å². The Balaban J connectivity index is 4.61. The van der Waals surface area contributed by atoms with Crippen LogP contribution in [-0.4, -0.2) is 34.7 Å². The Labute approximate surface area is 99.6 Å². The van der Waals surface area contributed by atoms with Gasteiger partial charge in [-0.1, -0.05) is 20.8 Å². The molecule has 0 bridgehead atoms. The minimum absolute atomic E-state index is 0.115. The summed E-state index contributed by atoms with van der Waals surface area (Å²) in [5.41, 5.74) is 0. The van der Waals surface area contributed by atoms with Crippen molar-refractivity contribution in [2.45, 2.75) is 27.2 Å². The molecular formula is C11H18O6. The van der Waals surface area contributed by atoms with Gasteiger partial charge >= 0.3 is 17.9 Å². The third kappa shape index (κ3) is 5.89. The largest absolute Gasteiger partial charge is 0.481 e. The van der Waals surface area contributed by atoms with Gasteiger partial charge in [-0.15, -0.1) is 0 Å². The molecule has 0 spiro atoms. The van der Waals surface area contributed by atoms with Gasteiger partial charge in [0.05, 0.1) is 24.9 Å². The number of hydrogen-bond acceptors (Lipinski definition) is 4. The number of carboxylic acids is 2. The van der Waals surface area contributed by atoms with Crippen LogP contribution in [0.15, 0.2) is 0 Å². The van der Waals surface area contributed by atoms with Crippen LogP contribution in [0.25, 0.3) is 0 Å². The zero-order valence-corrected chi connectivity index (χ0v) is 10.2. The maximum absolute atomic E-state index is 11.6. The van der Waals surface area contributed by atoms with Crippen molar-refractivity contribution >= 4 is 17.9 Å². The predicted octanol–water partition coefficient (Wildman–Crippen LogP) is 0.997. The minimum atomic E-state index is -1.22. The van der Waals surface area contributed by atoms with Crippen molar-refractivity contribution < 1.29 is 29.3 Å². The normalized spacial score (nSPS) is 14.1. The smallest absolute Gasteiger partial charge is 0.310 e. The third-order valence-electron chi connectivity index (χ3n) is 2.25. The number of carbonyl (C=O) groups excluding carboxylic acids is 1. The molecule has 2 N–H and O–H groups in total. The Hall–Kier alpha value is -1.59. The molecule has 0 aromatic heterocycles. The van der Waals surface area contributed by atoms with Crippen LogP contribution in [0.4, 0.5) is 0 Å². The lowest BCUT2D eigenvalue weighted by Gasteiger charge is -2.18. The number of carbonyl (C=O) groups is 3. The number of esters is 1. The zero-order chi connectivity index (χ0) is 13.6. The molecule has 6 heteroatoms. The van der Waals surface area contributed by atoms with Gasteiger partial charge in [-0.2, -0.15) is 0 Å². The van der Waals surface area contributed by atoms with Crippen molar-refractivity contribution in [3.05, 3.63) is 0 Å². The third-order valence-corrected chi connectivity index (χ3v) is 2.25. The van der Waals surface area contributed by atoms with Crippen molar-refractivity contribution in [1.82, 2.24) is 0 Å². The van der Waals surface area contributed by atoms with E-state index in [-0.39, 0.29) is 12.5 Å². The average Bonchev–Trinajstić information content (AvgIpc) is 2.21. The molecule has 0 heterocycles. The molecule has 2 unspecified atom stereocenters. The van der Waals surface area contributed by atoms with Gasteiger partial charge in [0.2, 0.25) is 0 Å². The molecule has 0 aliphatic heterocycles. The maximum Gasteiger partial charge on any atom is 0.310 e. The van der Waals surface area contributed by atoms with E-state index >= 15 is 0 Å². The molecule has 0 fully saturated rings. The maximum atomic E-state index is 11.6. The zero-order valence-electron chi connectivity index (χ0n) is 10.2. The molecule has 2 atom stereocenters. The van der Waals surface area contributed by atoms with Crippen LogP contribution >= 0.6 is 0 Å². The SMILES string of the molecule is CC(C)COC(=O)C(CC(=O)O)C(C)C(=O)O. The number of rotatable bonds is 7. The van der Waals surface area contributed by atoms with Gasteiger partial charge in [-0.25, -0.2) is 0 Å². The first-order valence-corrected chi connectivity index (χ1v) is 5.37. The Kier molecular flexibility index (Phi) is 6.23. The van der Waals surface area contributed by atoms with Crippen LogP contribution in [0, 0.1) is 17.8 Å². The van der Waals surface area contributed by atoms with E-state index in [1.165, 1.54) is 6.92 Å². The van der Waals surface area contributed by atoms with E-state index in [1.54, 1.807) is 0 Å². The molecule has 0 aliphatic rings. The first-order chi connectivity index (χ1) is 7.75. The topological polar surface area (TPSA) is 101 Å². The van der Waals surface area contributed by atoms with Crippen LogP contribution in [0.5, 0.6) is 0 Å². The molecule has 0 aliphatic carbocycles. The summed E-state index contributed by atoms with van der Waals surface area (Å²) in [7, 11) is 0. The van der Waals surface area contributed by atoms with Gasteiger partial charge in [-0.3, -0.25) is 14.4 Å². The van der Waals surface area contributed by atoms with Gasteiger partial charge in [0, 0.05) is 0 Å². The molecular weight excluding hydrogens is 228 g/mol. The van der Waals surface area contributed by atoms with Crippen LogP contribution < -0.4 is 0 Å². The fourth-order valence-electron chi connectivity index (χ4n) is 1.18. The molecule has 0 aromatic rings. The first-order valence-electron chi connectivity index (χ1n) is 5.37. The molecule has 0 rings (SSSR count). The number of hydrogen-bond donors (Lipinski definition) is 2. The molecule has 0 amide bonds. The number of carboxylic acid groups (broad SMARTS) is 2. The predicted molar refractivity (Wildman–Crippen MR) is 58.3 cm³/mol. The second-order valence-corrected chi connectivity index (χ2v) is 4.36. The highest BCUT2D eigenvalue weighted by Crippen LogP contribution is 2.18. The Morgan fingerprint density at radius 2 is 1.65 bits per heavy atom. The minimum Gasteiger partial charge on any atom is -0.481 e. The molecule has 98 valence electrons. The van der Waals surface area contributed by atoms with Crippen LogP contribution in [0.1, 0.15) is 27.2 Å². The van der Waals surface area contributed by atoms with Crippen LogP contribution in [0.3, 0.4) is 0 Å². The standard InChI is InChI=1S/C11H18O6/c1-6(2)5-17-11(16)8(4-9(12)13)7(3)10(14)15/h6-8H,4-5H2,1-3H3,(H,12,13)(H,14,15).